The molecule has 0 unspecified atom stereocenters. The van der Waals surface area contributed by atoms with Gasteiger partial charge < -0.3 is 14.5 Å². The van der Waals surface area contributed by atoms with Crippen molar-refractivity contribution in [2.45, 2.75) is 44.8 Å². The molecule has 0 aliphatic heterocycles. The van der Waals surface area contributed by atoms with Gasteiger partial charge in [-0.3, -0.25) is 0 Å². The highest BCUT2D eigenvalue weighted by Crippen LogP contribution is 2.26. The lowest BCUT2D eigenvalue weighted by Gasteiger charge is -2.21. The van der Waals surface area contributed by atoms with Crippen LogP contribution in [0.3, 0.4) is 0 Å². The van der Waals surface area contributed by atoms with Crippen molar-refractivity contribution in [3.63, 3.8) is 0 Å². The molecule has 1 aliphatic carbocycles. The van der Waals surface area contributed by atoms with E-state index in [1.54, 1.807) is 0 Å². The third kappa shape index (κ3) is 4.68. The summed E-state index contributed by atoms with van der Waals surface area (Å²) in [4.78, 5) is 0. The summed E-state index contributed by atoms with van der Waals surface area (Å²) in [7, 11) is 0. The van der Waals surface area contributed by atoms with Gasteiger partial charge in [0.2, 0.25) is 0 Å². The number of hydrogen-bond donors (Lipinski definition) is 1. The topological polar surface area (TPSA) is 34.4 Å². The van der Waals surface area contributed by atoms with Gasteiger partial charge in [-0.2, -0.15) is 0 Å². The third-order valence-corrected chi connectivity index (χ3v) is 4.89. The fraction of sp³-hybridized carbons (Fsp3) is 0.692. The Hall–Kier alpha value is 0.160. The molecule has 0 saturated heterocycles. The highest BCUT2D eigenvalue weighted by atomic mass is 79.9. The molecule has 0 radical (unpaired) electrons. The predicted octanol–water partition coefficient (Wildman–Crippen LogP) is 4.24. The zero-order valence-corrected chi connectivity index (χ0v) is 13.6. The van der Waals surface area contributed by atoms with E-state index in [1.165, 1.54) is 32.1 Å². The van der Waals surface area contributed by atoms with Crippen LogP contribution in [-0.2, 0) is 11.3 Å². The van der Waals surface area contributed by atoms with Crippen molar-refractivity contribution < 1.29 is 9.15 Å². The standard InChI is InChI=1S/C13H19Br2NO2/c14-12-8-11(18-13(12)15)9-16-6-7-17-10-4-2-1-3-5-10/h8,10,16H,1-7,9H2. The fourth-order valence-corrected chi connectivity index (χ4v) is 2.88. The molecule has 0 aromatic carbocycles. The monoisotopic (exact) mass is 379 g/mol. The number of rotatable bonds is 6. The first-order valence-electron chi connectivity index (χ1n) is 6.52. The normalized spacial score (nSPS) is 17.2. The van der Waals surface area contributed by atoms with Crippen LogP contribution in [0.1, 0.15) is 37.9 Å². The summed E-state index contributed by atoms with van der Waals surface area (Å²) in [6, 6.07) is 1.97. The molecular formula is C13H19Br2NO2. The van der Waals surface area contributed by atoms with Crippen LogP contribution < -0.4 is 5.32 Å². The summed E-state index contributed by atoms with van der Waals surface area (Å²) in [6.45, 7) is 2.39. The molecule has 1 aliphatic rings. The van der Waals surface area contributed by atoms with E-state index in [-0.39, 0.29) is 0 Å². The first-order valence-corrected chi connectivity index (χ1v) is 8.10. The van der Waals surface area contributed by atoms with Crippen LogP contribution in [0.4, 0.5) is 0 Å². The van der Waals surface area contributed by atoms with Crippen LogP contribution in [0.25, 0.3) is 0 Å². The molecule has 0 bridgehead atoms. The Kier molecular flexibility index (Phi) is 6.21. The van der Waals surface area contributed by atoms with Gasteiger partial charge >= 0.3 is 0 Å². The van der Waals surface area contributed by atoms with E-state index < -0.39 is 0 Å². The number of halogens is 2. The zero-order chi connectivity index (χ0) is 12.8. The quantitative estimate of drug-likeness (QED) is 0.749. The van der Waals surface area contributed by atoms with Gasteiger partial charge in [0, 0.05) is 6.54 Å². The molecule has 3 nitrogen and oxygen atoms in total. The average molecular weight is 381 g/mol. The second kappa shape index (κ2) is 7.68. The molecule has 5 heteroatoms. The molecule has 1 heterocycles. The molecule has 18 heavy (non-hydrogen) atoms. The number of furan rings is 1. The summed E-state index contributed by atoms with van der Waals surface area (Å²) < 4.78 is 13.0. The van der Waals surface area contributed by atoms with Crippen LogP contribution in [-0.4, -0.2) is 19.3 Å². The lowest BCUT2D eigenvalue weighted by Crippen LogP contribution is -2.24. The van der Waals surface area contributed by atoms with Crippen molar-refractivity contribution in [1.82, 2.24) is 5.32 Å². The summed E-state index contributed by atoms with van der Waals surface area (Å²) in [5.74, 6) is 0.923. The maximum atomic E-state index is 5.84. The second-order valence-electron chi connectivity index (χ2n) is 4.64. The summed E-state index contributed by atoms with van der Waals surface area (Å²) >= 11 is 6.72. The molecule has 102 valence electrons. The fourth-order valence-electron chi connectivity index (χ4n) is 2.22. The van der Waals surface area contributed by atoms with E-state index in [4.69, 9.17) is 9.15 Å². The smallest absolute Gasteiger partial charge is 0.183 e. The predicted molar refractivity (Wildman–Crippen MR) is 78.6 cm³/mol. The van der Waals surface area contributed by atoms with Crippen molar-refractivity contribution in [2.75, 3.05) is 13.2 Å². The molecule has 0 amide bonds. The number of hydrogen-bond acceptors (Lipinski definition) is 3. The van der Waals surface area contributed by atoms with Crippen molar-refractivity contribution >= 4 is 31.9 Å². The van der Waals surface area contributed by atoms with Gasteiger partial charge in [0.15, 0.2) is 4.67 Å². The van der Waals surface area contributed by atoms with E-state index in [2.05, 4.69) is 37.2 Å². The minimum absolute atomic E-state index is 0.493. The Morgan fingerprint density at radius 3 is 2.72 bits per heavy atom. The molecule has 1 aromatic heterocycles. The Bertz CT molecular complexity index is 342. The number of nitrogens with one attached hydrogen (secondary N) is 1. The van der Waals surface area contributed by atoms with Gasteiger partial charge in [-0.1, -0.05) is 19.3 Å². The van der Waals surface area contributed by atoms with E-state index in [0.717, 1.165) is 34.6 Å². The van der Waals surface area contributed by atoms with Crippen molar-refractivity contribution in [3.05, 3.63) is 21.0 Å². The maximum Gasteiger partial charge on any atom is 0.183 e. The first-order chi connectivity index (χ1) is 8.75. The van der Waals surface area contributed by atoms with Crippen LogP contribution in [0, 0.1) is 0 Å². The minimum Gasteiger partial charge on any atom is -0.452 e. The summed E-state index contributed by atoms with van der Waals surface area (Å²) in [6.07, 6.45) is 6.99. The first kappa shape index (κ1) is 14.6. The highest BCUT2D eigenvalue weighted by molar-refractivity contribution is 9.13. The molecule has 0 spiro atoms. The van der Waals surface area contributed by atoms with Crippen molar-refractivity contribution in [3.8, 4) is 0 Å². The van der Waals surface area contributed by atoms with E-state index in [9.17, 15) is 0 Å². The number of ether oxygens (including phenoxy) is 1. The highest BCUT2D eigenvalue weighted by Gasteiger charge is 2.13. The SMILES string of the molecule is Brc1cc(CNCCOC2CCCCC2)oc1Br. The Morgan fingerprint density at radius 2 is 2.06 bits per heavy atom. The lowest BCUT2D eigenvalue weighted by atomic mass is 9.98. The lowest BCUT2D eigenvalue weighted by molar-refractivity contribution is 0.0301. The minimum atomic E-state index is 0.493. The molecular weight excluding hydrogens is 362 g/mol. The summed E-state index contributed by atoms with van der Waals surface area (Å²) in [5.41, 5.74) is 0. The molecule has 1 N–H and O–H groups in total. The van der Waals surface area contributed by atoms with Gasteiger partial charge in [-0.05, 0) is 50.8 Å². The van der Waals surface area contributed by atoms with Crippen LogP contribution in [0.2, 0.25) is 0 Å². The molecule has 1 fully saturated rings. The van der Waals surface area contributed by atoms with E-state index in [1.807, 2.05) is 6.07 Å². The Labute approximate surface area is 125 Å². The summed E-state index contributed by atoms with van der Waals surface area (Å²) in [5, 5.41) is 3.32. The molecule has 2 rings (SSSR count). The maximum absolute atomic E-state index is 5.84. The van der Waals surface area contributed by atoms with E-state index in [0.29, 0.717) is 6.10 Å². The molecule has 0 atom stereocenters. The van der Waals surface area contributed by atoms with Crippen LogP contribution >= 0.6 is 31.9 Å². The van der Waals surface area contributed by atoms with Gasteiger partial charge in [0.05, 0.1) is 23.7 Å². The average Bonchev–Trinajstić information content (AvgIpc) is 2.70. The molecule has 1 saturated carbocycles. The van der Waals surface area contributed by atoms with Gasteiger partial charge in [0.25, 0.3) is 0 Å². The van der Waals surface area contributed by atoms with Gasteiger partial charge in [-0.25, -0.2) is 0 Å². The van der Waals surface area contributed by atoms with Crippen molar-refractivity contribution in [2.24, 2.45) is 0 Å². The molecule has 1 aromatic rings. The van der Waals surface area contributed by atoms with Gasteiger partial charge in [0.1, 0.15) is 5.76 Å². The van der Waals surface area contributed by atoms with Gasteiger partial charge in [-0.15, -0.1) is 0 Å². The largest absolute Gasteiger partial charge is 0.452 e. The van der Waals surface area contributed by atoms with Crippen molar-refractivity contribution in [1.29, 1.82) is 0 Å². The zero-order valence-electron chi connectivity index (χ0n) is 10.4. The van der Waals surface area contributed by atoms with E-state index >= 15 is 0 Å². The Morgan fingerprint density at radius 1 is 1.28 bits per heavy atom. The Balaban J connectivity index is 1.55. The third-order valence-electron chi connectivity index (χ3n) is 3.18. The van der Waals surface area contributed by atoms with Crippen LogP contribution in [0.5, 0.6) is 0 Å². The second-order valence-corrected chi connectivity index (χ2v) is 6.22. The van der Waals surface area contributed by atoms with Crippen LogP contribution in [0.15, 0.2) is 19.6 Å².